The van der Waals surface area contributed by atoms with E-state index in [1.54, 1.807) is 7.11 Å². The summed E-state index contributed by atoms with van der Waals surface area (Å²) in [6, 6.07) is -0.0799. The van der Waals surface area contributed by atoms with Gasteiger partial charge < -0.3 is 4.74 Å². The van der Waals surface area contributed by atoms with E-state index in [1.807, 2.05) is 13.8 Å². The lowest BCUT2D eigenvalue weighted by molar-refractivity contribution is -0.135. The Kier molecular flexibility index (Phi) is 3.79. The number of carbonyl (C=O) groups excluding carboxylic acids is 2. The van der Waals surface area contributed by atoms with Gasteiger partial charge >= 0.3 is 11.8 Å². The Morgan fingerprint density at radius 2 is 1.80 bits per heavy atom. The average Bonchev–Trinajstić information content (AvgIpc) is 2.45. The largest absolute Gasteiger partial charge is 0.382 e. The number of nitrogens with one attached hydrogen (secondary N) is 2. The van der Waals surface area contributed by atoms with Crippen molar-refractivity contribution < 1.29 is 14.3 Å². The number of hydrogen-bond acceptors (Lipinski definition) is 4. The van der Waals surface area contributed by atoms with Crippen molar-refractivity contribution in [3.05, 3.63) is 0 Å². The van der Waals surface area contributed by atoms with Crippen LogP contribution in [-0.4, -0.2) is 37.5 Å². The molecule has 1 fully saturated rings. The van der Waals surface area contributed by atoms with E-state index in [-0.39, 0.29) is 17.9 Å². The lowest BCUT2D eigenvalue weighted by atomic mass is 10.1. The third-order valence-electron chi connectivity index (χ3n) is 2.07. The van der Waals surface area contributed by atoms with Gasteiger partial charge in [-0.25, -0.2) is 4.99 Å². The molecule has 15 heavy (non-hydrogen) atoms. The molecule has 0 aliphatic carbocycles. The first-order chi connectivity index (χ1) is 7.04. The van der Waals surface area contributed by atoms with Crippen molar-refractivity contribution in [2.75, 3.05) is 13.7 Å². The summed E-state index contributed by atoms with van der Waals surface area (Å²) >= 11 is 0. The fourth-order valence-corrected chi connectivity index (χ4v) is 1.14. The monoisotopic (exact) mass is 213 g/mol. The molecule has 1 heterocycles. The molecule has 1 aliphatic rings. The van der Waals surface area contributed by atoms with Gasteiger partial charge in [0.1, 0.15) is 0 Å². The summed E-state index contributed by atoms with van der Waals surface area (Å²) in [6.45, 7) is 4.44. The summed E-state index contributed by atoms with van der Waals surface area (Å²) in [4.78, 5) is 25.9. The molecule has 2 N–H and O–H groups in total. The fraction of sp³-hybridized carbons (Fsp3) is 0.667. The average molecular weight is 213 g/mol. The smallest absolute Gasteiger partial charge is 0.316 e. The van der Waals surface area contributed by atoms with Gasteiger partial charge in [-0.1, -0.05) is 13.8 Å². The van der Waals surface area contributed by atoms with Crippen LogP contribution in [0.1, 0.15) is 13.8 Å². The predicted molar refractivity (Wildman–Crippen MR) is 54.2 cm³/mol. The topological polar surface area (TPSA) is 79.8 Å². The van der Waals surface area contributed by atoms with Crippen molar-refractivity contribution in [2.24, 2.45) is 10.9 Å². The first-order valence-electron chi connectivity index (χ1n) is 4.73. The molecule has 1 saturated heterocycles. The summed E-state index contributed by atoms with van der Waals surface area (Å²) in [7, 11) is 1.58. The number of methoxy groups -OCH3 is 1. The van der Waals surface area contributed by atoms with Crippen LogP contribution in [-0.2, 0) is 14.3 Å². The third-order valence-corrected chi connectivity index (χ3v) is 2.07. The van der Waals surface area contributed by atoms with Crippen molar-refractivity contribution in [3.8, 4) is 0 Å². The highest BCUT2D eigenvalue weighted by Gasteiger charge is 2.26. The molecule has 0 saturated carbocycles. The zero-order chi connectivity index (χ0) is 11.4. The quantitative estimate of drug-likeness (QED) is 0.603. The summed E-state index contributed by atoms with van der Waals surface area (Å²) in [6.07, 6.45) is 0. The Bertz CT molecular complexity index is 281. The predicted octanol–water partition coefficient (Wildman–Crippen LogP) is -0.741. The molecule has 0 spiro atoms. The minimum Gasteiger partial charge on any atom is -0.382 e. The van der Waals surface area contributed by atoms with Gasteiger partial charge in [0, 0.05) is 7.11 Å². The van der Waals surface area contributed by atoms with Crippen LogP contribution in [0.5, 0.6) is 0 Å². The Morgan fingerprint density at radius 3 is 2.20 bits per heavy atom. The van der Waals surface area contributed by atoms with E-state index < -0.39 is 11.8 Å². The van der Waals surface area contributed by atoms with Crippen molar-refractivity contribution in [1.29, 1.82) is 0 Å². The molecule has 1 atom stereocenters. The molecule has 0 aromatic rings. The molecule has 6 nitrogen and oxygen atoms in total. The summed E-state index contributed by atoms with van der Waals surface area (Å²) < 4.78 is 5.00. The molecule has 0 bridgehead atoms. The number of carbonyl (C=O) groups is 2. The molecule has 1 unspecified atom stereocenters. The number of hydrogen-bond donors (Lipinski definition) is 2. The van der Waals surface area contributed by atoms with Gasteiger partial charge in [-0.15, -0.1) is 0 Å². The van der Waals surface area contributed by atoms with Crippen molar-refractivity contribution in [1.82, 2.24) is 10.6 Å². The Balaban J connectivity index is 2.68. The van der Waals surface area contributed by atoms with Crippen molar-refractivity contribution >= 4 is 17.8 Å². The molecule has 0 radical (unpaired) electrons. The van der Waals surface area contributed by atoms with E-state index in [1.165, 1.54) is 0 Å². The lowest BCUT2D eigenvalue weighted by Gasteiger charge is -2.15. The van der Waals surface area contributed by atoms with Crippen molar-refractivity contribution in [2.45, 2.75) is 19.9 Å². The highest BCUT2D eigenvalue weighted by molar-refractivity contribution is 6.45. The number of rotatable bonds is 4. The molecular formula is C9H15N3O3. The highest BCUT2D eigenvalue weighted by Crippen LogP contribution is 2.06. The standard InChI is InChI=1S/C9H15N3O3/c1-5(2)6(4-15-3)10-9-11-7(13)8(14)12-9/h5-6H,4H2,1-3H3,(H2,10,11,12,13,14). The summed E-state index contributed by atoms with van der Waals surface area (Å²) in [5, 5.41) is 4.68. The third kappa shape index (κ3) is 3.02. The maximum Gasteiger partial charge on any atom is 0.316 e. The summed E-state index contributed by atoms with van der Waals surface area (Å²) in [5.74, 6) is -0.866. The van der Waals surface area contributed by atoms with Gasteiger partial charge in [0.15, 0.2) is 0 Å². The van der Waals surface area contributed by atoms with E-state index in [0.717, 1.165) is 0 Å². The number of nitrogens with zero attached hydrogens (tertiary/aromatic N) is 1. The molecule has 1 aliphatic heterocycles. The van der Waals surface area contributed by atoms with E-state index in [9.17, 15) is 9.59 Å². The lowest BCUT2D eigenvalue weighted by Crippen LogP contribution is -2.31. The Labute approximate surface area is 88.1 Å². The first kappa shape index (κ1) is 11.6. The van der Waals surface area contributed by atoms with Crippen LogP contribution in [0.25, 0.3) is 0 Å². The van der Waals surface area contributed by atoms with E-state index >= 15 is 0 Å². The minimum atomic E-state index is -0.673. The number of guanidine groups is 1. The number of aliphatic imine (C=N–C) groups is 1. The van der Waals surface area contributed by atoms with Crippen LogP contribution in [0.3, 0.4) is 0 Å². The van der Waals surface area contributed by atoms with Crippen LogP contribution in [0, 0.1) is 5.92 Å². The van der Waals surface area contributed by atoms with Gasteiger partial charge in [0.05, 0.1) is 12.6 Å². The van der Waals surface area contributed by atoms with Gasteiger partial charge in [0.25, 0.3) is 0 Å². The van der Waals surface area contributed by atoms with Crippen LogP contribution >= 0.6 is 0 Å². The van der Waals surface area contributed by atoms with Crippen molar-refractivity contribution in [3.63, 3.8) is 0 Å². The van der Waals surface area contributed by atoms with E-state index in [0.29, 0.717) is 6.61 Å². The second kappa shape index (κ2) is 4.88. The second-order valence-corrected chi connectivity index (χ2v) is 3.65. The van der Waals surface area contributed by atoms with Gasteiger partial charge in [0.2, 0.25) is 5.96 Å². The number of amides is 2. The zero-order valence-electron chi connectivity index (χ0n) is 9.03. The SMILES string of the molecule is COCC(N=C1NC(=O)C(=O)N1)C(C)C. The second-order valence-electron chi connectivity index (χ2n) is 3.65. The fourth-order valence-electron chi connectivity index (χ4n) is 1.14. The van der Waals surface area contributed by atoms with Gasteiger partial charge in [-0.05, 0) is 5.92 Å². The maximum atomic E-state index is 10.9. The molecule has 0 aromatic heterocycles. The van der Waals surface area contributed by atoms with Crippen LogP contribution < -0.4 is 10.6 Å². The molecule has 0 aromatic carbocycles. The molecule has 6 heteroatoms. The van der Waals surface area contributed by atoms with E-state index in [4.69, 9.17) is 4.74 Å². The summed E-state index contributed by atoms with van der Waals surface area (Å²) in [5.41, 5.74) is 0. The Morgan fingerprint density at radius 1 is 1.27 bits per heavy atom. The zero-order valence-corrected chi connectivity index (χ0v) is 9.03. The maximum absolute atomic E-state index is 10.9. The molecule has 84 valence electrons. The van der Waals surface area contributed by atoms with Crippen LogP contribution in [0.2, 0.25) is 0 Å². The van der Waals surface area contributed by atoms with Gasteiger partial charge in [-0.3, -0.25) is 20.2 Å². The molecule has 1 rings (SSSR count). The van der Waals surface area contributed by atoms with Gasteiger partial charge in [-0.2, -0.15) is 0 Å². The minimum absolute atomic E-state index is 0.0799. The van der Waals surface area contributed by atoms with Crippen LogP contribution in [0.4, 0.5) is 0 Å². The van der Waals surface area contributed by atoms with E-state index in [2.05, 4.69) is 15.6 Å². The Hall–Kier alpha value is -1.43. The molecule has 2 amide bonds. The molecular weight excluding hydrogens is 198 g/mol. The highest BCUT2D eigenvalue weighted by atomic mass is 16.5. The normalized spacial score (nSPS) is 17.7. The number of ether oxygens (including phenoxy) is 1. The first-order valence-corrected chi connectivity index (χ1v) is 4.73. The van der Waals surface area contributed by atoms with Crippen LogP contribution in [0.15, 0.2) is 4.99 Å².